The van der Waals surface area contributed by atoms with E-state index in [9.17, 15) is 0 Å². The van der Waals surface area contributed by atoms with Gasteiger partial charge in [0.05, 0.1) is 0 Å². The molecule has 0 bridgehead atoms. The number of halogens is 1. The number of rotatable bonds is 7. The molecule has 0 aliphatic rings. The van der Waals surface area contributed by atoms with E-state index in [1.54, 1.807) is 0 Å². The van der Waals surface area contributed by atoms with Gasteiger partial charge < -0.3 is 4.74 Å². The van der Waals surface area contributed by atoms with Gasteiger partial charge in [-0.15, -0.1) is 6.58 Å². The van der Waals surface area contributed by atoms with Gasteiger partial charge in [-0.05, 0) is 25.7 Å². The van der Waals surface area contributed by atoms with Crippen molar-refractivity contribution in [1.29, 1.82) is 0 Å². The lowest BCUT2D eigenvalue weighted by molar-refractivity contribution is 0.135. The monoisotopic (exact) mass is 220 g/mol. The van der Waals surface area contributed by atoms with E-state index in [2.05, 4.69) is 22.5 Å². The SMILES string of the molecule is C=CCC(CBr)CCOCC. The molecule has 1 atom stereocenters. The Kier molecular flexibility index (Phi) is 8.41. The predicted octanol–water partition coefficient (Wildman–Crippen LogP) is 3.00. The molecule has 11 heavy (non-hydrogen) atoms. The zero-order valence-corrected chi connectivity index (χ0v) is 8.77. The number of hydrogen-bond donors (Lipinski definition) is 0. The van der Waals surface area contributed by atoms with Crippen LogP contribution in [0.25, 0.3) is 0 Å². The quantitative estimate of drug-likeness (QED) is 0.365. The summed E-state index contributed by atoms with van der Waals surface area (Å²) in [6.45, 7) is 7.44. The summed E-state index contributed by atoms with van der Waals surface area (Å²) < 4.78 is 5.26. The highest BCUT2D eigenvalue weighted by atomic mass is 79.9. The van der Waals surface area contributed by atoms with Crippen LogP contribution in [0.1, 0.15) is 19.8 Å². The van der Waals surface area contributed by atoms with E-state index in [0.717, 1.165) is 31.4 Å². The van der Waals surface area contributed by atoms with Gasteiger partial charge in [0.25, 0.3) is 0 Å². The van der Waals surface area contributed by atoms with Crippen LogP contribution < -0.4 is 0 Å². The molecule has 0 amide bonds. The number of alkyl halides is 1. The Labute approximate surface area is 78.0 Å². The summed E-state index contributed by atoms with van der Waals surface area (Å²) in [6.07, 6.45) is 4.18. The lowest BCUT2D eigenvalue weighted by Crippen LogP contribution is -2.05. The fourth-order valence-corrected chi connectivity index (χ4v) is 1.48. The molecule has 0 rings (SSSR count). The molecule has 0 aromatic carbocycles. The largest absolute Gasteiger partial charge is 0.382 e. The van der Waals surface area contributed by atoms with E-state index in [1.165, 1.54) is 0 Å². The maximum atomic E-state index is 5.26. The molecule has 0 aromatic heterocycles. The maximum absolute atomic E-state index is 5.26. The zero-order chi connectivity index (χ0) is 8.53. The Balaban J connectivity index is 3.27. The molecule has 0 saturated carbocycles. The number of hydrogen-bond acceptors (Lipinski definition) is 1. The van der Waals surface area contributed by atoms with Crippen LogP contribution in [0.15, 0.2) is 12.7 Å². The second kappa shape index (κ2) is 8.28. The molecule has 0 heterocycles. The van der Waals surface area contributed by atoms with Gasteiger partial charge in [0, 0.05) is 18.5 Å². The van der Waals surface area contributed by atoms with Gasteiger partial charge in [0.2, 0.25) is 0 Å². The summed E-state index contributed by atoms with van der Waals surface area (Å²) in [5.74, 6) is 0.694. The van der Waals surface area contributed by atoms with Crippen molar-refractivity contribution in [2.45, 2.75) is 19.8 Å². The van der Waals surface area contributed by atoms with E-state index in [0.29, 0.717) is 5.92 Å². The van der Waals surface area contributed by atoms with Crippen molar-refractivity contribution in [3.05, 3.63) is 12.7 Å². The number of ether oxygens (including phenoxy) is 1. The topological polar surface area (TPSA) is 9.23 Å². The predicted molar refractivity (Wildman–Crippen MR) is 53.2 cm³/mol. The summed E-state index contributed by atoms with van der Waals surface area (Å²) in [7, 11) is 0. The molecule has 1 nitrogen and oxygen atoms in total. The fraction of sp³-hybridized carbons (Fsp3) is 0.778. The third-order valence-electron chi connectivity index (χ3n) is 1.59. The van der Waals surface area contributed by atoms with E-state index in [1.807, 2.05) is 13.0 Å². The van der Waals surface area contributed by atoms with E-state index in [4.69, 9.17) is 4.74 Å². The first-order valence-corrected chi connectivity index (χ1v) is 5.21. The third-order valence-corrected chi connectivity index (χ3v) is 2.51. The molecule has 0 N–H and O–H groups in total. The van der Waals surface area contributed by atoms with E-state index < -0.39 is 0 Å². The van der Waals surface area contributed by atoms with Gasteiger partial charge in [0.15, 0.2) is 0 Å². The fourth-order valence-electron chi connectivity index (χ4n) is 0.888. The van der Waals surface area contributed by atoms with E-state index >= 15 is 0 Å². The molecule has 0 spiro atoms. The van der Waals surface area contributed by atoms with Gasteiger partial charge in [-0.2, -0.15) is 0 Å². The number of allylic oxidation sites excluding steroid dienone is 1. The second-order valence-corrected chi connectivity index (χ2v) is 3.18. The second-order valence-electron chi connectivity index (χ2n) is 2.53. The van der Waals surface area contributed by atoms with Crippen LogP contribution in [0.5, 0.6) is 0 Å². The van der Waals surface area contributed by atoms with Crippen molar-refractivity contribution < 1.29 is 4.74 Å². The van der Waals surface area contributed by atoms with Crippen molar-refractivity contribution in [2.24, 2.45) is 5.92 Å². The molecule has 0 aliphatic carbocycles. The van der Waals surface area contributed by atoms with Crippen LogP contribution in [-0.2, 0) is 4.74 Å². The van der Waals surface area contributed by atoms with Crippen molar-refractivity contribution in [2.75, 3.05) is 18.5 Å². The minimum absolute atomic E-state index is 0.694. The van der Waals surface area contributed by atoms with Gasteiger partial charge in [-0.25, -0.2) is 0 Å². The summed E-state index contributed by atoms with van der Waals surface area (Å²) in [5, 5.41) is 1.05. The Morgan fingerprint density at radius 1 is 1.64 bits per heavy atom. The van der Waals surface area contributed by atoms with Crippen molar-refractivity contribution in [1.82, 2.24) is 0 Å². The van der Waals surface area contributed by atoms with Crippen molar-refractivity contribution >= 4 is 15.9 Å². The molecule has 66 valence electrons. The van der Waals surface area contributed by atoms with E-state index in [-0.39, 0.29) is 0 Å². The summed E-state index contributed by atoms with van der Waals surface area (Å²) in [5.41, 5.74) is 0. The Bertz CT molecular complexity index is 93.6. The molecule has 0 fully saturated rings. The molecule has 0 radical (unpaired) electrons. The van der Waals surface area contributed by atoms with Gasteiger partial charge in [-0.1, -0.05) is 22.0 Å². The Hall–Kier alpha value is 0.180. The Morgan fingerprint density at radius 2 is 2.36 bits per heavy atom. The average Bonchev–Trinajstić information content (AvgIpc) is 2.03. The molecule has 0 aliphatic heterocycles. The highest BCUT2D eigenvalue weighted by Gasteiger charge is 2.03. The Morgan fingerprint density at radius 3 is 2.82 bits per heavy atom. The van der Waals surface area contributed by atoms with Crippen LogP contribution >= 0.6 is 15.9 Å². The van der Waals surface area contributed by atoms with Gasteiger partial charge >= 0.3 is 0 Å². The molecule has 1 unspecified atom stereocenters. The maximum Gasteiger partial charge on any atom is 0.0468 e. The molecule has 0 aromatic rings. The van der Waals surface area contributed by atoms with Crippen LogP contribution in [0.3, 0.4) is 0 Å². The molecular weight excluding hydrogens is 204 g/mol. The average molecular weight is 221 g/mol. The van der Waals surface area contributed by atoms with Crippen LogP contribution in [-0.4, -0.2) is 18.5 Å². The van der Waals surface area contributed by atoms with Crippen LogP contribution in [0.4, 0.5) is 0 Å². The lowest BCUT2D eigenvalue weighted by Gasteiger charge is -2.10. The van der Waals surface area contributed by atoms with Gasteiger partial charge in [-0.3, -0.25) is 0 Å². The zero-order valence-electron chi connectivity index (χ0n) is 7.18. The highest BCUT2D eigenvalue weighted by Crippen LogP contribution is 2.11. The first kappa shape index (κ1) is 11.2. The first-order chi connectivity index (χ1) is 5.35. The van der Waals surface area contributed by atoms with Crippen molar-refractivity contribution in [3.8, 4) is 0 Å². The molecule has 0 saturated heterocycles. The standard InChI is InChI=1S/C9H17BrO/c1-3-5-9(8-10)6-7-11-4-2/h3,9H,1,4-8H2,2H3. The highest BCUT2D eigenvalue weighted by molar-refractivity contribution is 9.09. The third kappa shape index (κ3) is 6.57. The first-order valence-electron chi connectivity index (χ1n) is 4.09. The summed E-state index contributed by atoms with van der Waals surface area (Å²) >= 11 is 3.47. The summed E-state index contributed by atoms with van der Waals surface area (Å²) in [6, 6.07) is 0. The molecular formula is C9H17BrO. The van der Waals surface area contributed by atoms with Crippen LogP contribution in [0, 0.1) is 5.92 Å². The van der Waals surface area contributed by atoms with Gasteiger partial charge in [0.1, 0.15) is 0 Å². The lowest BCUT2D eigenvalue weighted by atomic mass is 10.1. The van der Waals surface area contributed by atoms with Crippen LogP contribution in [0.2, 0.25) is 0 Å². The molecule has 2 heteroatoms. The minimum atomic E-state index is 0.694. The minimum Gasteiger partial charge on any atom is -0.382 e. The summed E-state index contributed by atoms with van der Waals surface area (Å²) in [4.78, 5) is 0. The smallest absolute Gasteiger partial charge is 0.0468 e. The van der Waals surface area contributed by atoms with Crippen molar-refractivity contribution in [3.63, 3.8) is 0 Å². The normalized spacial score (nSPS) is 12.9.